The lowest BCUT2D eigenvalue weighted by Crippen LogP contribution is -2.27. The average molecular weight is 468 g/mol. The SMILES string of the molecule is O=C1S/C(=C\c2cc3c(cc2Br)OCO3)C(=O)N1Cc1cccc2ccccc12. The number of carbonyl (C=O) groups is 2. The molecule has 1 saturated heterocycles. The van der Waals surface area contributed by atoms with Crippen LogP contribution >= 0.6 is 27.7 Å². The van der Waals surface area contributed by atoms with Crippen molar-refractivity contribution in [3.63, 3.8) is 0 Å². The molecule has 2 amide bonds. The van der Waals surface area contributed by atoms with E-state index in [0.29, 0.717) is 16.4 Å². The fourth-order valence-corrected chi connectivity index (χ4v) is 4.69. The minimum atomic E-state index is -0.294. The van der Waals surface area contributed by atoms with Gasteiger partial charge in [-0.05, 0) is 51.9 Å². The highest BCUT2D eigenvalue weighted by Gasteiger charge is 2.35. The van der Waals surface area contributed by atoms with Crippen LogP contribution in [0.15, 0.2) is 64.0 Å². The first-order chi connectivity index (χ1) is 14.1. The number of ether oxygens (including phenoxy) is 2. The maximum Gasteiger partial charge on any atom is 0.293 e. The first-order valence-electron chi connectivity index (χ1n) is 8.91. The third kappa shape index (κ3) is 3.30. The molecule has 5 nitrogen and oxygen atoms in total. The van der Waals surface area contributed by atoms with Gasteiger partial charge in [0.05, 0.1) is 11.4 Å². The van der Waals surface area contributed by atoms with Crippen molar-refractivity contribution < 1.29 is 19.1 Å². The van der Waals surface area contributed by atoms with Crippen LogP contribution in [0.4, 0.5) is 4.79 Å². The van der Waals surface area contributed by atoms with Crippen molar-refractivity contribution >= 4 is 55.7 Å². The van der Waals surface area contributed by atoms with Gasteiger partial charge in [0.2, 0.25) is 6.79 Å². The van der Waals surface area contributed by atoms with E-state index in [9.17, 15) is 9.59 Å². The summed E-state index contributed by atoms with van der Waals surface area (Å²) in [6, 6.07) is 17.4. The molecule has 0 atom stereocenters. The van der Waals surface area contributed by atoms with Gasteiger partial charge in [0.15, 0.2) is 11.5 Å². The van der Waals surface area contributed by atoms with E-state index in [1.54, 1.807) is 18.2 Å². The molecule has 7 heteroatoms. The second-order valence-electron chi connectivity index (χ2n) is 6.63. The van der Waals surface area contributed by atoms with Gasteiger partial charge in [-0.1, -0.05) is 58.4 Å². The fourth-order valence-electron chi connectivity index (χ4n) is 3.42. The summed E-state index contributed by atoms with van der Waals surface area (Å²) in [6.07, 6.45) is 1.71. The zero-order valence-electron chi connectivity index (χ0n) is 15.1. The van der Waals surface area contributed by atoms with Crippen LogP contribution in [-0.2, 0) is 11.3 Å². The normalized spacial score (nSPS) is 17.0. The standard InChI is InChI=1S/C22H14BrNO4S/c23-17-10-19-18(27-12-28-19)8-15(17)9-20-21(25)24(22(26)29-20)11-14-6-3-5-13-4-1-2-7-16(13)14/h1-10H,11-12H2/b20-9-. The number of amides is 2. The van der Waals surface area contributed by atoms with Crippen molar-refractivity contribution in [2.45, 2.75) is 6.54 Å². The van der Waals surface area contributed by atoms with Gasteiger partial charge < -0.3 is 9.47 Å². The molecule has 2 heterocycles. The van der Waals surface area contributed by atoms with E-state index >= 15 is 0 Å². The molecule has 0 saturated carbocycles. The van der Waals surface area contributed by atoms with Gasteiger partial charge in [0, 0.05) is 4.47 Å². The third-order valence-corrected chi connectivity index (χ3v) is 6.45. The summed E-state index contributed by atoms with van der Waals surface area (Å²) in [7, 11) is 0. The predicted octanol–water partition coefficient (Wildman–Crippen LogP) is 5.57. The van der Waals surface area contributed by atoms with Crippen LogP contribution in [0.25, 0.3) is 16.8 Å². The topological polar surface area (TPSA) is 55.8 Å². The number of halogens is 1. The highest BCUT2D eigenvalue weighted by molar-refractivity contribution is 9.10. The lowest BCUT2D eigenvalue weighted by Gasteiger charge is -2.14. The summed E-state index contributed by atoms with van der Waals surface area (Å²) in [5.41, 5.74) is 1.70. The number of benzene rings is 3. The highest BCUT2D eigenvalue weighted by Crippen LogP contribution is 2.40. The molecule has 0 spiro atoms. The Bertz CT molecular complexity index is 1200. The molecule has 5 rings (SSSR count). The van der Waals surface area contributed by atoms with Crippen LogP contribution < -0.4 is 9.47 Å². The summed E-state index contributed by atoms with van der Waals surface area (Å²) < 4.78 is 11.5. The molecule has 144 valence electrons. The molecular weight excluding hydrogens is 454 g/mol. The first kappa shape index (κ1) is 18.3. The van der Waals surface area contributed by atoms with E-state index in [1.165, 1.54) is 4.90 Å². The second-order valence-corrected chi connectivity index (χ2v) is 8.48. The van der Waals surface area contributed by atoms with Gasteiger partial charge in [-0.25, -0.2) is 0 Å². The summed E-state index contributed by atoms with van der Waals surface area (Å²) in [5, 5.41) is 1.85. The Labute approximate surface area is 179 Å². The molecule has 2 aliphatic heterocycles. The zero-order chi connectivity index (χ0) is 20.0. The summed E-state index contributed by atoms with van der Waals surface area (Å²) in [4.78, 5) is 27.2. The maximum absolute atomic E-state index is 13.0. The fraction of sp³-hybridized carbons (Fsp3) is 0.0909. The highest BCUT2D eigenvalue weighted by atomic mass is 79.9. The molecular formula is C22H14BrNO4S. The minimum Gasteiger partial charge on any atom is -0.454 e. The van der Waals surface area contributed by atoms with Crippen LogP contribution in [0, 0.1) is 0 Å². The number of rotatable bonds is 3. The number of carbonyl (C=O) groups excluding carboxylic acids is 2. The molecule has 3 aromatic rings. The van der Waals surface area contributed by atoms with E-state index in [2.05, 4.69) is 15.9 Å². The minimum absolute atomic E-state index is 0.173. The molecule has 29 heavy (non-hydrogen) atoms. The number of hydrogen-bond acceptors (Lipinski definition) is 5. The molecule has 0 bridgehead atoms. The van der Waals surface area contributed by atoms with Crippen molar-refractivity contribution in [2.75, 3.05) is 6.79 Å². The molecule has 3 aromatic carbocycles. The Morgan fingerprint density at radius 2 is 1.79 bits per heavy atom. The van der Waals surface area contributed by atoms with Gasteiger partial charge >= 0.3 is 0 Å². The monoisotopic (exact) mass is 467 g/mol. The van der Waals surface area contributed by atoms with Crippen LogP contribution in [0.3, 0.4) is 0 Å². The molecule has 0 aromatic heterocycles. The average Bonchev–Trinajstić information content (AvgIpc) is 3.27. The van der Waals surface area contributed by atoms with Crippen LogP contribution in [0.1, 0.15) is 11.1 Å². The second kappa shape index (κ2) is 7.24. The third-order valence-electron chi connectivity index (χ3n) is 4.86. The van der Waals surface area contributed by atoms with Crippen molar-refractivity contribution in [2.24, 2.45) is 0 Å². The zero-order valence-corrected chi connectivity index (χ0v) is 17.5. The van der Waals surface area contributed by atoms with Gasteiger partial charge in [0.25, 0.3) is 11.1 Å². The van der Waals surface area contributed by atoms with E-state index < -0.39 is 0 Å². The molecule has 0 unspecified atom stereocenters. The lowest BCUT2D eigenvalue weighted by atomic mass is 10.0. The number of imide groups is 1. The Morgan fingerprint density at radius 3 is 2.66 bits per heavy atom. The van der Waals surface area contributed by atoms with Crippen molar-refractivity contribution in [3.05, 3.63) is 75.1 Å². The number of thioether (sulfide) groups is 1. The number of fused-ring (bicyclic) bond motifs is 2. The maximum atomic E-state index is 13.0. The van der Waals surface area contributed by atoms with Crippen LogP contribution in [-0.4, -0.2) is 22.8 Å². The van der Waals surface area contributed by atoms with Crippen molar-refractivity contribution in [3.8, 4) is 11.5 Å². The molecule has 0 N–H and O–H groups in total. The Hall–Kier alpha value is -2.77. The lowest BCUT2D eigenvalue weighted by molar-refractivity contribution is -0.123. The smallest absolute Gasteiger partial charge is 0.293 e. The van der Waals surface area contributed by atoms with E-state index in [4.69, 9.17) is 9.47 Å². The van der Waals surface area contributed by atoms with Crippen LogP contribution in [0.2, 0.25) is 0 Å². The number of hydrogen-bond donors (Lipinski definition) is 0. The molecule has 0 aliphatic carbocycles. The van der Waals surface area contributed by atoms with Gasteiger partial charge in [-0.15, -0.1) is 0 Å². The Kier molecular flexibility index (Phi) is 4.56. The number of nitrogens with zero attached hydrogens (tertiary/aromatic N) is 1. The molecule has 0 radical (unpaired) electrons. The van der Waals surface area contributed by atoms with Crippen molar-refractivity contribution in [1.29, 1.82) is 0 Å². The predicted molar refractivity (Wildman–Crippen MR) is 116 cm³/mol. The van der Waals surface area contributed by atoms with Gasteiger partial charge in [-0.3, -0.25) is 14.5 Å². The van der Waals surface area contributed by atoms with E-state index in [-0.39, 0.29) is 24.5 Å². The molecule has 2 aliphatic rings. The summed E-state index contributed by atoms with van der Waals surface area (Å²) in [6.45, 7) is 0.415. The summed E-state index contributed by atoms with van der Waals surface area (Å²) >= 11 is 4.44. The first-order valence-corrected chi connectivity index (χ1v) is 10.5. The van der Waals surface area contributed by atoms with E-state index in [0.717, 1.165) is 38.1 Å². The van der Waals surface area contributed by atoms with Crippen LogP contribution in [0.5, 0.6) is 11.5 Å². The van der Waals surface area contributed by atoms with Crippen molar-refractivity contribution in [1.82, 2.24) is 4.90 Å². The molecule has 1 fully saturated rings. The largest absolute Gasteiger partial charge is 0.454 e. The van der Waals surface area contributed by atoms with Gasteiger partial charge in [-0.2, -0.15) is 0 Å². The Balaban J connectivity index is 1.45. The Morgan fingerprint density at radius 1 is 1.03 bits per heavy atom. The quantitative estimate of drug-likeness (QED) is 0.471. The van der Waals surface area contributed by atoms with E-state index in [1.807, 2.05) is 42.5 Å². The van der Waals surface area contributed by atoms with Gasteiger partial charge in [0.1, 0.15) is 0 Å². The summed E-state index contributed by atoms with van der Waals surface area (Å²) in [5.74, 6) is 0.977.